The third-order valence-corrected chi connectivity index (χ3v) is 4.55. The fraction of sp³-hybridized carbons (Fsp3) is 0.240. The molecule has 3 aromatic rings. The molecule has 1 aromatic heterocycles. The first-order valence-electron chi connectivity index (χ1n) is 10.7. The third-order valence-electron chi connectivity index (χ3n) is 4.55. The molecule has 0 saturated heterocycles. The van der Waals surface area contributed by atoms with Crippen molar-refractivity contribution < 1.29 is 46.1 Å². The summed E-state index contributed by atoms with van der Waals surface area (Å²) < 4.78 is 66.4. The molecule has 0 atom stereocenters. The number of carbonyl (C=O) groups is 2. The predicted molar refractivity (Wildman–Crippen MR) is 121 cm³/mol. The van der Waals surface area contributed by atoms with Crippen LogP contribution in [0.1, 0.15) is 29.5 Å². The molecule has 0 aliphatic heterocycles. The first-order valence-corrected chi connectivity index (χ1v) is 10.7. The number of hydrogen-bond donors (Lipinski definition) is 0. The summed E-state index contributed by atoms with van der Waals surface area (Å²) in [6.07, 6.45) is -3.09. The molecule has 0 spiro atoms. The molecule has 1 heterocycles. The van der Waals surface area contributed by atoms with Crippen molar-refractivity contribution in [3.63, 3.8) is 0 Å². The maximum Gasteiger partial charge on any atom is 0.453 e. The van der Waals surface area contributed by atoms with E-state index in [9.17, 15) is 27.6 Å². The fourth-order valence-electron chi connectivity index (χ4n) is 2.92. The van der Waals surface area contributed by atoms with Gasteiger partial charge in [0.25, 0.3) is 5.76 Å². The van der Waals surface area contributed by atoms with Crippen LogP contribution in [0.2, 0.25) is 0 Å². The molecule has 0 fully saturated rings. The standard InChI is InChI=1S/C25H21F3O8/c1-3-11-32-20(29)14-34-17-9-10-18-19(13-17)36-23(25(26,27)28)22(21(18)30)35-16-7-5-15(6-8-16)24(31)33-12-4-2/h3,5-10,13H,1,4,11-12,14H2,2H3. The molecule has 0 radical (unpaired) electrons. The van der Waals surface area contributed by atoms with E-state index >= 15 is 0 Å². The van der Waals surface area contributed by atoms with E-state index < -0.39 is 47.2 Å². The maximum atomic E-state index is 13.7. The lowest BCUT2D eigenvalue weighted by Crippen LogP contribution is -2.16. The largest absolute Gasteiger partial charge is 0.482 e. The Bertz CT molecular complexity index is 1310. The SMILES string of the molecule is C=CCOC(=O)COc1ccc2c(=O)c(Oc3ccc(C(=O)OCCC)cc3)c(C(F)(F)F)oc2c1. The maximum absolute atomic E-state index is 13.7. The van der Waals surface area contributed by atoms with Crippen molar-refractivity contribution in [1.82, 2.24) is 0 Å². The summed E-state index contributed by atoms with van der Waals surface area (Å²) in [5.74, 6) is -4.20. The second-order valence-electron chi connectivity index (χ2n) is 7.27. The van der Waals surface area contributed by atoms with Gasteiger partial charge in [0.15, 0.2) is 6.61 Å². The average Bonchev–Trinajstić information content (AvgIpc) is 2.85. The average molecular weight is 506 g/mol. The molecule has 0 saturated carbocycles. The van der Waals surface area contributed by atoms with E-state index in [1.54, 1.807) is 0 Å². The first kappa shape index (κ1) is 26.3. The summed E-state index contributed by atoms with van der Waals surface area (Å²) in [4.78, 5) is 36.3. The quantitative estimate of drug-likeness (QED) is 0.271. The Kier molecular flexibility index (Phi) is 8.36. The van der Waals surface area contributed by atoms with Crippen molar-refractivity contribution in [2.45, 2.75) is 19.5 Å². The zero-order chi connectivity index (χ0) is 26.3. The molecular formula is C25H21F3O8. The zero-order valence-electron chi connectivity index (χ0n) is 19.1. The monoisotopic (exact) mass is 506 g/mol. The Labute approximate surface area is 202 Å². The van der Waals surface area contributed by atoms with E-state index in [0.29, 0.717) is 6.42 Å². The normalized spacial score (nSPS) is 11.1. The minimum absolute atomic E-state index is 0.0199. The lowest BCUT2D eigenvalue weighted by Gasteiger charge is -2.14. The van der Waals surface area contributed by atoms with Gasteiger partial charge in [-0.05, 0) is 42.8 Å². The van der Waals surface area contributed by atoms with Crippen LogP contribution in [-0.4, -0.2) is 31.8 Å². The Morgan fingerprint density at radius 1 is 1.06 bits per heavy atom. The van der Waals surface area contributed by atoms with Crippen molar-refractivity contribution in [2.24, 2.45) is 0 Å². The van der Waals surface area contributed by atoms with Crippen LogP contribution in [0.4, 0.5) is 13.2 Å². The highest BCUT2D eigenvalue weighted by molar-refractivity contribution is 5.89. The molecule has 8 nitrogen and oxygen atoms in total. The summed E-state index contributed by atoms with van der Waals surface area (Å²) in [6.45, 7) is 4.89. The Morgan fingerprint density at radius 2 is 1.75 bits per heavy atom. The molecule has 0 aliphatic rings. The molecule has 0 amide bonds. The van der Waals surface area contributed by atoms with E-state index in [0.717, 1.165) is 6.07 Å². The van der Waals surface area contributed by atoms with Crippen LogP contribution < -0.4 is 14.9 Å². The topological polar surface area (TPSA) is 101 Å². The van der Waals surface area contributed by atoms with Crippen molar-refractivity contribution in [2.75, 3.05) is 19.8 Å². The molecule has 0 unspecified atom stereocenters. The van der Waals surface area contributed by atoms with Crippen LogP contribution in [0.3, 0.4) is 0 Å². The van der Waals surface area contributed by atoms with Gasteiger partial charge >= 0.3 is 18.1 Å². The smallest absolute Gasteiger partial charge is 0.453 e. The second-order valence-corrected chi connectivity index (χ2v) is 7.27. The molecule has 2 aromatic carbocycles. The highest BCUT2D eigenvalue weighted by Gasteiger charge is 2.40. The predicted octanol–water partition coefficient (Wildman–Crippen LogP) is 5.28. The molecule has 0 N–H and O–H groups in total. The zero-order valence-corrected chi connectivity index (χ0v) is 19.1. The van der Waals surface area contributed by atoms with Gasteiger partial charge in [-0.15, -0.1) is 0 Å². The highest BCUT2D eigenvalue weighted by Crippen LogP contribution is 2.38. The number of esters is 2. The molecule has 3 rings (SSSR count). The number of alkyl halides is 3. The Balaban J connectivity index is 1.91. The van der Waals surface area contributed by atoms with Crippen molar-refractivity contribution in [1.29, 1.82) is 0 Å². The third kappa shape index (κ3) is 6.44. The summed E-state index contributed by atoms with van der Waals surface area (Å²) in [5.41, 5.74) is -1.34. The van der Waals surface area contributed by atoms with Gasteiger partial charge in [0.05, 0.1) is 17.6 Å². The van der Waals surface area contributed by atoms with Gasteiger partial charge in [-0.1, -0.05) is 19.6 Å². The van der Waals surface area contributed by atoms with Crippen LogP contribution in [0.25, 0.3) is 11.0 Å². The van der Waals surface area contributed by atoms with Gasteiger partial charge < -0.3 is 23.4 Å². The van der Waals surface area contributed by atoms with Gasteiger partial charge in [-0.2, -0.15) is 13.2 Å². The summed E-state index contributed by atoms with van der Waals surface area (Å²) in [6, 6.07) is 8.58. The lowest BCUT2D eigenvalue weighted by atomic mass is 10.2. The van der Waals surface area contributed by atoms with Gasteiger partial charge in [0, 0.05) is 6.07 Å². The van der Waals surface area contributed by atoms with E-state index in [4.69, 9.17) is 23.4 Å². The molecule has 0 aliphatic carbocycles. The van der Waals surface area contributed by atoms with Gasteiger partial charge in [-0.3, -0.25) is 4.79 Å². The Morgan fingerprint density at radius 3 is 2.39 bits per heavy atom. The van der Waals surface area contributed by atoms with Crippen molar-refractivity contribution in [3.8, 4) is 17.2 Å². The van der Waals surface area contributed by atoms with E-state index in [-0.39, 0.29) is 35.7 Å². The summed E-state index contributed by atoms with van der Waals surface area (Å²) in [5, 5.41) is -0.209. The summed E-state index contributed by atoms with van der Waals surface area (Å²) >= 11 is 0. The van der Waals surface area contributed by atoms with Gasteiger partial charge in [-0.25, -0.2) is 9.59 Å². The molecule has 0 bridgehead atoms. The number of carbonyl (C=O) groups excluding carboxylic acids is 2. The van der Waals surface area contributed by atoms with Crippen molar-refractivity contribution >= 4 is 22.9 Å². The van der Waals surface area contributed by atoms with E-state index in [2.05, 4.69) is 6.58 Å². The highest BCUT2D eigenvalue weighted by atomic mass is 19.4. The number of fused-ring (bicyclic) bond motifs is 1. The van der Waals surface area contributed by atoms with Crippen LogP contribution in [0.15, 0.2) is 64.3 Å². The number of halogens is 3. The van der Waals surface area contributed by atoms with Crippen LogP contribution >= 0.6 is 0 Å². The van der Waals surface area contributed by atoms with Crippen LogP contribution in [0.5, 0.6) is 17.2 Å². The van der Waals surface area contributed by atoms with Crippen LogP contribution in [0, 0.1) is 0 Å². The minimum Gasteiger partial charge on any atom is -0.482 e. The van der Waals surface area contributed by atoms with Crippen molar-refractivity contribution in [3.05, 3.63) is 76.7 Å². The number of benzene rings is 2. The lowest BCUT2D eigenvalue weighted by molar-refractivity contribution is -0.154. The number of ether oxygens (including phenoxy) is 4. The number of rotatable bonds is 10. The second kappa shape index (κ2) is 11.4. The van der Waals surface area contributed by atoms with Gasteiger partial charge in [0.1, 0.15) is 23.7 Å². The van der Waals surface area contributed by atoms with E-state index in [1.165, 1.54) is 42.5 Å². The molecular weight excluding hydrogens is 485 g/mol. The fourth-order valence-corrected chi connectivity index (χ4v) is 2.92. The summed E-state index contributed by atoms with van der Waals surface area (Å²) in [7, 11) is 0. The van der Waals surface area contributed by atoms with Crippen LogP contribution in [-0.2, 0) is 20.4 Å². The van der Waals surface area contributed by atoms with Gasteiger partial charge in [0.2, 0.25) is 11.2 Å². The minimum atomic E-state index is -5.07. The molecule has 190 valence electrons. The molecule has 11 heteroatoms. The molecule has 36 heavy (non-hydrogen) atoms. The number of hydrogen-bond acceptors (Lipinski definition) is 8. The Hall–Kier alpha value is -4.28. The van der Waals surface area contributed by atoms with E-state index in [1.807, 2.05) is 6.92 Å². The first-order chi connectivity index (χ1) is 17.1.